The lowest BCUT2D eigenvalue weighted by atomic mass is 10.0. The molecule has 0 fully saturated rings. The number of carbonyl (C=O) groups excluding carboxylic acids is 10. The van der Waals surface area contributed by atoms with Gasteiger partial charge in [-0.3, -0.25) is 53.3 Å². The van der Waals surface area contributed by atoms with Crippen LogP contribution in [0.2, 0.25) is 30.1 Å². The Labute approximate surface area is 870 Å². The largest absolute Gasteiger partial charge is 0.480 e. The fourth-order valence-electron chi connectivity index (χ4n) is 13.3. The van der Waals surface area contributed by atoms with Crippen LogP contribution in [0.3, 0.4) is 0 Å². The number of carboxylic acids is 2. The van der Waals surface area contributed by atoms with Crippen LogP contribution >= 0.6 is 105 Å². The number of anilines is 3. The maximum Gasteiger partial charge on any atom is 0.335 e. The Morgan fingerprint density at radius 2 is 0.631 bits per heavy atom. The molecule has 0 bridgehead atoms. The summed E-state index contributed by atoms with van der Waals surface area (Å²) in [6, 6.07) is 72.1. The van der Waals surface area contributed by atoms with Crippen molar-refractivity contribution in [3.63, 3.8) is 0 Å². The number of nitrogens with two attached hydrogens (primary N) is 1. The Bertz CT molecular complexity index is 6380. The van der Waals surface area contributed by atoms with Crippen molar-refractivity contribution in [2.75, 3.05) is 92.1 Å². The summed E-state index contributed by atoms with van der Waals surface area (Å²) in [6.45, 7) is 0.266. The number of aromatic carboxylic acids is 1. The molecule has 0 saturated carbocycles. The Morgan fingerprint density at radius 1 is 0.340 bits per heavy atom. The Hall–Kier alpha value is -13.8. The lowest BCUT2D eigenvalue weighted by Gasteiger charge is -2.19. The standard InChI is InChI=1S/C36H33Cl2N5O5S.C29H27Cl2N5O5S.C25H23Cl2N3O4.C11H12N2O2S.11H2/c37-28-18-26(24-11-5-2-6-12-24)19-29(38)32(28)34(46)43-30(35(47)48-22-23-9-3-1-4-10-23)20-40-31(44)21-41-33(45)25-13-7-14-27(17-25)42-36-39-15-8-16-49-36;30-21-13-19(17-6-2-1-3-7-17)14-22(31)25(21)27(39)36-23(28(40)41)15-33-24(37)16-34-26(38)18-8-4-9-20(12-18)35-29-32-10-5-11-42-29;26-19-11-18(17-9-5-2-6-10-17)12-20(27)23(19)24(32)30-21(14-29-22(31)13-28)25(33)34-15-16-7-3-1-4-8-16;14-10(15)8-3-1-4-9(7-8)13-11-12-5-2-6-16-11;;;;;;;;;;;/h1-7,9-14,17-19,30H,8,15-16,20-22H2,(H,39,42)(H,40,44)(H,41,45)(H,43,46);1-4,6-9,12-14,23H,5,10-11,15-16H2,(H,32,35)(H,33,37)(H,34,38)(H,36,39)(H,40,41);1-12,21H,13-15,28H2,(H,29,31)(H,30,32);1,3-4,7H,2,5-6H2,(H,12,13)(H,14,15);11*1H/t30-;23-;21-;;;;;;;;;;;;/m000............/s1. The molecule has 0 saturated heterocycles. The number of nitrogens with one attached hydrogen (secondary N) is 11. The summed E-state index contributed by atoms with van der Waals surface area (Å²) in [4.78, 5) is 163. The zero-order valence-corrected chi connectivity index (χ0v) is 82.1. The molecule has 3 atom stereocenters. The summed E-state index contributed by atoms with van der Waals surface area (Å²) in [5.41, 5.74) is 14.5. The van der Waals surface area contributed by atoms with Crippen LogP contribution in [-0.2, 0) is 51.5 Å². The van der Waals surface area contributed by atoms with E-state index in [0.717, 1.165) is 111 Å². The molecule has 15 N–H and O–H groups in total. The molecule has 0 spiro atoms. The van der Waals surface area contributed by atoms with Crippen LogP contribution < -0.4 is 64.2 Å². The lowest BCUT2D eigenvalue weighted by molar-refractivity contribution is -0.148. The monoisotopic (exact) mass is 2100 g/mol. The van der Waals surface area contributed by atoms with Gasteiger partial charge in [-0.05, 0) is 155 Å². The van der Waals surface area contributed by atoms with Crippen molar-refractivity contribution in [3.05, 3.63) is 335 Å². The minimum atomic E-state index is -1.48. The number of amides is 8. The van der Waals surface area contributed by atoms with E-state index in [9.17, 15) is 62.6 Å². The molecule has 31 nitrogen and oxygen atoms in total. The van der Waals surface area contributed by atoms with E-state index in [-0.39, 0.29) is 107 Å². The van der Waals surface area contributed by atoms with Crippen molar-refractivity contribution >= 4 is 209 Å². The van der Waals surface area contributed by atoms with Crippen LogP contribution in [0, 0.1) is 0 Å². The molecule has 141 heavy (non-hydrogen) atoms. The second kappa shape index (κ2) is 55.9. The van der Waals surface area contributed by atoms with Gasteiger partial charge in [0.25, 0.3) is 29.5 Å². The number of carboxylic acid groups (broad SMARTS) is 2. The van der Waals surface area contributed by atoms with Gasteiger partial charge in [-0.15, -0.1) is 0 Å². The molecular weight excluding hydrogens is 1990 g/mol. The molecular formula is C101H117Cl6N15O16S3. The first-order valence-corrected chi connectivity index (χ1v) is 49.0. The first kappa shape index (κ1) is 108. The second-order valence-corrected chi connectivity index (χ2v) is 36.4. The molecule has 11 aromatic carbocycles. The normalized spacial score (nSPS) is 13.0. The number of rotatable bonds is 33. The van der Waals surface area contributed by atoms with Crippen molar-refractivity contribution in [3.8, 4) is 33.4 Å². The topological polar surface area (TPSA) is 459 Å². The summed E-state index contributed by atoms with van der Waals surface area (Å²) in [7, 11) is 0. The molecule has 0 aliphatic carbocycles. The molecule has 3 aliphatic rings. The van der Waals surface area contributed by atoms with E-state index in [1.165, 1.54) is 0 Å². The number of halogens is 6. The first-order valence-electron chi connectivity index (χ1n) is 43.7. The highest BCUT2D eigenvalue weighted by atomic mass is 35.5. The third kappa shape index (κ3) is 34.6. The van der Waals surface area contributed by atoms with Gasteiger partial charge in [-0.2, -0.15) is 0 Å². The molecule has 40 heteroatoms. The third-order valence-electron chi connectivity index (χ3n) is 20.4. The van der Waals surface area contributed by atoms with E-state index in [1.807, 2.05) is 127 Å². The number of amidine groups is 3. The average Bonchev–Trinajstić information content (AvgIpc) is 0.780. The van der Waals surface area contributed by atoms with Gasteiger partial charge < -0.3 is 83.9 Å². The van der Waals surface area contributed by atoms with Crippen LogP contribution in [0.4, 0.5) is 17.1 Å². The smallest absolute Gasteiger partial charge is 0.335 e. The van der Waals surface area contributed by atoms with Gasteiger partial charge in [0.1, 0.15) is 31.3 Å². The van der Waals surface area contributed by atoms with E-state index >= 15 is 0 Å². The van der Waals surface area contributed by atoms with Crippen molar-refractivity contribution < 1.29 is 92.9 Å². The maximum atomic E-state index is 13.4. The van der Waals surface area contributed by atoms with Crippen LogP contribution in [0.5, 0.6) is 0 Å². The minimum absolute atomic E-state index is 0. The summed E-state index contributed by atoms with van der Waals surface area (Å²) >= 11 is 43.3. The van der Waals surface area contributed by atoms with Crippen molar-refractivity contribution in [1.29, 1.82) is 0 Å². The Morgan fingerprint density at radius 3 is 0.929 bits per heavy atom. The Balaban J connectivity index is 0.00000204. The third-order valence-corrected chi connectivity index (χ3v) is 25.2. The van der Waals surface area contributed by atoms with E-state index in [0.29, 0.717) is 33.6 Å². The number of hydrogen-bond donors (Lipinski definition) is 14. The van der Waals surface area contributed by atoms with Crippen molar-refractivity contribution in [2.24, 2.45) is 20.7 Å². The molecule has 0 aromatic heterocycles. The number of aliphatic carboxylic acids is 1. The Kier molecular flexibility index (Phi) is 42.6. The number of hydrogen-bond acceptors (Lipinski definition) is 24. The number of ether oxygens (including phenoxy) is 2. The van der Waals surface area contributed by atoms with Gasteiger partial charge in [0, 0.05) is 100 Å². The van der Waals surface area contributed by atoms with E-state index in [4.69, 9.17) is 89.9 Å². The van der Waals surface area contributed by atoms with E-state index in [1.54, 1.807) is 169 Å². The van der Waals surface area contributed by atoms with Gasteiger partial charge in [-0.25, -0.2) is 19.2 Å². The molecule has 8 amide bonds. The lowest BCUT2D eigenvalue weighted by Crippen LogP contribution is -2.50. The van der Waals surface area contributed by atoms with Gasteiger partial charge in [-0.1, -0.05) is 275 Å². The summed E-state index contributed by atoms with van der Waals surface area (Å²) in [5, 5.41) is 50.9. The van der Waals surface area contributed by atoms with Crippen molar-refractivity contribution in [1.82, 2.24) is 42.5 Å². The molecule has 752 valence electrons. The zero-order valence-electron chi connectivity index (χ0n) is 75.1. The first-order chi connectivity index (χ1) is 68.1. The number of carbonyl (C=O) groups is 12. The molecule has 0 unspecified atom stereocenters. The average molecular weight is 2110 g/mol. The summed E-state index contributed by atoms with van der Waals surface area (Å²) in [5.74, 6) is -5.72. The van der Waals surface area contributed by atoms with Crippen LogP contribution in [0.15, 0.2) is 276 Å². The predicted octanol–water partition coefficient (Wildman–Crippen LogP) is 18.8. The number of nitrogens with zero attached hydrogens (tertiary/aromatic N) is 3. The fourth-order valence-corrected chi connectivity index (χ4v) is 17.7. The highest BCUT2D eigenvalue weighted by molar-refractivity contribution is 8.14. The summed E-state index contributed by atoms with van der Waals surface area (Å²) in [6.07, 6.45) is 3.14. The number of thioether (sulfide) groups is 3. The molecule has 3 aliphatic heterocycles. The maximum absolute atomic E-state index is 13.4. The van der Waals surface area contributed by atoms with Crippen LogP contribution in [-0.4, -0.2) is 191 Å². The van der Waals surface area contributed by atoms with Crippen LogP contribution in [0.25, 0.3) is 33.4 Å². The molecule has 11 aromatic rings. The fraction of sp³-hybridized carbons (Fsp3) is 0.198. The predicted molar refractivity (Wildman–Crippen MR) is 581 cm³/mol. The zero-order chi connectivity index (χ0) is 101. The highest BCUT2D eigenvalue weighted by Crippen LogP contribution is 2.36. The van der Waals surface area contributed by atoms with Gasteiger partial charge in [0.05, 0.1) is 72.0 Å². The second-order valence-electron chi connectivity index (χ2n) is 30.7. The van der Waals surface area contributed by atoms with Gasteiger partial charge in [0.2, 0.25) is 17.7 Å². The number of benzene rings is 11. The van der Waals surface area contributed by atoms with Crippen molar-refractivity contribution in [2.45, 2.75) is 50.6 Å². The van der Waals surface area contributed by atoms with Gasteiger partial charge >= 0.3 is 23.9 Å². The van der Waals surface area contributed by atoms with E-state index in [2.05, 4.69) is 73.5 Å². The molecule has 0 radical (unpaired) electrons. The van der Waals surface area contributed by atoms with Crippen LogP contribution in [0.1, 0.15) is 108 Å². The quantitative estimate of drug-likeness (QED) is 0.0170. The molecule has 3 heterocycles. The molecule has 14 rings (SSSR count). The summed E-state index contributed by atoms with van der Waals surface area (Å²) < 4.78 is 10.8. The number of esters is 2. The van der Waals surface area contributed by atoms with E-state index < -0.39 is 102 Å². The SMILES string of the molecule is NCC(=O)NC[C@H](NC(=O)c1c(Cl)cc(-c2ccccc2)cc1Cl)C(=O)OCc1ccccc1.O=C(CNC(=O)c1cccc(NC2=NCCCS2)c1)NC[C@H](NC(=O)c1c(Cl)cc(-c2ccccc2)cc1Cl)C(=O)O.O=C(CNC(=O)c1cccc(NC2=NCCCS2)c1)NC[C@H](NC(=O)c1c(Cl)cc(-c2ccccc2)cc1Cl)C(=O)OCc1ccccc1.O=C(O)c1cccc(NC2=NCCCS2)c1.[HH].[HH].[HH].[HH].[HH].[HH].[HH].[HH].[HH].[HH].[HH]. The highest BCUT2D eigenvalue weighted by Gasteiger charge is 2.31. The van der Waals surface area contributed by atoms with Gasteiger partial charge in [0.15, 0.2) is 15.5 Å². The number of aliphatic imine (C=N–C) groups is 3. The minimum Gasteiger partial charge on any atom is -0.480 e.